The van der Waals surface area contributed by atoms with Gasteiger partial charge in [-0.1, -0.05) is 83.9 Å². The lowest BCUT2D eigenvalue weighted by Gasteiger charge is -2.32. The Bertz CT molecular complexity index is 1410. The number of ether oxygens (including phenoxy) is 1. The predicted molar refractivity (Wildman–Crippen MR) is 166 cm³/mol. The number of hydrogen-bond acceptors (Lipinski definition) is 3. The van der Waals surface area contributed by atoms with Gasteiger partial charge < -0.3 is 15.4 Å². The molecule has 3 nitrogen and oxygen atoms in total. The van der Waals surface area contributed by atoms with Crippen LogP contribution in [0, 0.1) is 0 Å². The van der Waals surface area contributed by atoms with Crippen LogP contribution in [0.2, 0.25) is 10.0 Å². The summed E-state index contributed by atoms with van der Waals surface area (Å²) in [7, 11) is 3.88. The highest BCUT2D eigenvalue weighted by molar-refractivity contribution is 6.42. The maximum absolute atomic E-state index is 12.6. The minimum atomic E-state index is -4.33. The molecule has 4 aromatic rings. The van der Waals surface area contributed by atoms with E-state index >= 15 is 0 Å². The Morgan fingerprint density at radius 3 is 2.10 bits per heavy atom. The average molecular weight is 616 g/mol. The third-order valence-corrected chi connectivity index (χ3v) is 8.21. The van der Waals surface area contributed by atoms with Gasteiger partial charge in [0.15, 0.2) is 0 Å². The molecular weight excluding hydrogens is 580 g/mol. The topological polar surface area (TPSA) is 33.3 Å². The highest BCUT2D eigenvalue weighted by Gasteiger charge is 2.30. The molecule has 8 heteroatoms. The van der Waals surface area contributed by atoms with Crippen LogP contribution >= 0.6 is 23.2 Å². The molecule has 1 aliphatic rings. The van der Waals surface area contributed by atoms with E-state index in [9.17, 15) is 13.2 Å². The second kappa shape index (κ2) is 14.9. The predicted octanol–water partition coefficient (Wildman–Crippen LogP) is 9.61. The van der Waals surface area contributed by atoms with E-state index in [2.05, 4.69) is 41.0 Å². The number of alkyl halides is 3. The molecule has 0 radical (unpaired) electrons. The van der Waals surface area contributed by atoms with Gasteiger partial charge in [0, 0.05) is 18.4 Å². The third kappa shape index (κ3) is 8.29. The molecule has 0 heterocycles. The first kappa shape index (κ1) is 31.9. The molecule has 5 rings (SSSR count). The number of halogens is 5. The molecule has 2 N–H and O–H groups in total. The van der Waals surface area contributed by atoms with Crippen LogP contribution in [-0.4, -0.2) is 20.6 Å². The number of benzene rings is 4. The van der Waals surface area contributed by atoms with Gasteiger partial charge in [0.05, 0.1) is 15.6 Å². The maximum atomic E-state index is 12.6. The van der Waals surface area contributed by atoms with Gasteiger partial charge >= 0.3 is 6.18 Å². The minimum absolute atomic E-state index is 0.203. The summed E-state index contributed by atoms with van der Waals surface area (Å²) in [5, 5.41) is 7.71. The van der Waals surface area contributed by atoms with Gasteiger partial charge in [-0.15, -0.1) is 0 Å². The van der Waals surface area contributed by atoms with Crippen molar-refractivity contribution in [2.45, 2.75) is 43.5 Å². The lowest BCUT2D eigenvalue weighted by Crippen LogP contribution is -2.24. The molecule has 1 unspecified atom stereocenters. The van der Waals surface area contributed by atoms with E-state index in [0.717, 1.165) is 43.5 Å². The van der Waals surface area contributed by atoms with Gasteiger partial charge in [-0.05, 0) is 92.1 Å². The lowest BCUT2D eigenvalue weighted by molar-refractivity contribution is -0.137. The molecule has 0 aliphatic heterocycles. The molecule has 0 amide bonds. The second-order valence-corrected chi connectivity index (χ2v) is 11.0. The minimum Gasteiger partial charge on any atom is -0.486 e. The molecule has 0 saturated carbocycles. The van der Waals surface area contributed by atoms with Gasteiger partial charge in [-0.2, -0.15) is 13.2 Å². The quantitative estimate of drug-likeness (QED) is 0.207. The Kier molecular flexibility index (Phi) is 11.3. The van der Waals surface area contributed by atoms with Crippen LogP contribution in [0.1, 0.15) is 65.1 Å². The fourth-order valence-corrected chi connectivity index (χ4v) is 5.60. The van der Waals surface area contributed by atoms with Crippen molar-refractivity contribution in [3.8, 4) is 5.75 Å². The molecule has 0 spiro atoms. The van der Waals surface area contributed by atoms with Crippen LogP contribution in [0.4, 0.5) is 13.2 Å². The van der Waals surface area contributed by atoms with Crippen LogP contribution in [-0.2, 0) is 6.18 Å². The first-order valence-electron chi connectivity index (χ1n) is 14.0. The first-order chi connectivity index (χ1) is 20.2. The van der Waals surface area contributed by atoms with Crippen LogP contribution < -0.4 is 15.4 Å². The van der Waals surface area contributed by atoms with Crippen molar-refractivity contribution in [2.75, 3.05) is 20.6 Å². The fourth-order valence-electron chi connectivity index (χ4n) is 5.29. The molecule has 1 aliphatic carbocycles. The molecule has 0 saturated heterocycles. The van der Waals surface area contributed by atoms with Gasteiger partial charge in [-0.25, -0.2) is 0 Å². The zero-order valence-corrected chi connectivity index (χ0v) is 25.1. The largest absolute Gasteiger partial charge is 0.486 e. The molecule has 3 atom stereocenters. The highest BCUT2D eigenvalue weighted by atomic mass is 35.5. The van der Waals surface area contributed by atoms with E-state index in [1.54, 1.807) is 0 Å². The third-order valence-electron chi connectivity index (χ3n) is 7.47. The molecule has 0 bridgehead atoms. The Morgan fingerprint density at radius 2 is 1.48 bits per heavy atom. The Labute approximate surface area is 256 Å². The molecule has 0 fully saturated rings. The van der Waals surface area contributed by atoms with Crippen molar-refractivity contribution in [3.63, 3.8) is 0 Å². The maximum Gasteiger partial charge on any atom is 0.416 e. The molecule has 42 heavy (non-hydrogen) atoms. The Hall–Kier alpha value is -3.03. The second-order valence-electron chi connectivity index (χ2n) is 10.2. The zero-order chi connectivity index (χ0) is 30.1. The molecule has 222 valence electrons. The fraction of sp³-hybridized carbons (Fsp3) is 0.294. The first-order valence-corrected chi connectivity index (χ1v) is 14.7. The summed E-state index contributed by atoms with van der Waals surface area (Å²) in [4.78, 5) is 0. The summed E-state index contributed by atoms with van der Waals surface area (Å²) < 4.78 is 43.6. The number of rotatable bonds is 8. The summed E-state index contributed by atoms with van der Waals surface area (Å²) in [5.74, 6) is 0.837. The Balaban J connectivity index is 0.000000193. The van der Waals surface area contributed by atoms with E-state index in [1.807, 2.05) is 56.6 Å². The van der Waals surface area contributed by atoms with Crippen molar-refractivity contribution >= 4 is 23.2 Å². The average Bonchev–Trinajstić information content (AvgIpc) is 3.00. The summed E-state index contributed by atoms with van der Waals surface area (Å²) in [6.07, 6.45) is -1.55. The van der Waals surface area contributed by atoms with Crippen molar-refractivity contribution in [2.24, 2.45) is 0 Å². The number of fused-ring (bicyclic) bond motifs is 1. The lowest BCUT2D eigenvalue weighted by atomic mass is 9.77. The van der Waals surface area contributed by atoms with Gasteiger partial charge in [0.25, 0.3) is 0 Å². The van der Waals surface area contributed by atoms with Crippen LogP contribution in [0.15, 0.2) is 97.1 Å². The zero-order valence-electron chi connectivity index (χ0n) is 23.6. The van der Waals surface area contributed by atoms with Crippen molar-refractivity contribution in [1.29, 1.82) is 0 Å². The van der Waals surface area contributed by atoms with E-state index < -0.39 is 11.7 Å². The number of hydrogen-bond donors (Lipinski definition) is 2. The summed E-state index contributed by atoms with van der Waals surface area (Å²) in [6.45, 7) is 0.750. The Morgan fingerprint density at radius 1 is 0.810 bits per heavy atom. The molecular formula is C34H35Cl2F3N2O. The van der Waals surface area contributed by atoms with E-state index in [-0.39, 0.29) is 6.10 Å². The van der Waals surface area contributed by atoms with Crippen LogP contribution in [0.25, 0.3) is 0 Å². The van der Waals surface area contributed by atoms with E-state index in [0.29, 0.717) is 27.8 Å². The van der Waals surface area contributed by atoms with Crippen molar-refractivity contribution < 1.29 is 17.9 Å². The van der Waals surface area contributed by atoms with E-state index in [4.69, 9.17) is 27.9 Å². The smallest absolute Gasteiger partial charge is 0.416 e. The standard InChI is InChI=1S/C17H17Cl2N.C17H18F3NO/c1-20-17-9-7-12(13-4-2-3-5-14(13)17)11-6-8-15(18)16(19)10-11;1-21-12-11-16(13-5-3-2-4-6-13)22-15-9-7-14(8-10-15)17(18,19)20/h2-6,8,10,12,17,20H,7,9H2,1H3;2-10,16,21H,11-12H2,1H3/t12-,17-;/m0./s1. The normalized spacial score (nSPS) is 17.0. The van der Waals surface area contributed by atoms with Gasteiger partial charge in [-0.3, -0.25) is 0 Å². The number of nitrogens with one attached hydrogen (secondary N) is 2. The SMILES string of the molecule is CNCCC(Oc1ccc(C(F)(F)F)cc1)c1ccccc1.CN[C@H]1CC[C@@H](c2ccc(Cl)c(Cl)c2)c2ccccc21. The monoisotopic (exact) mass is 614 g/mol. The van der Waals surface area contributed by atoms with Crippen LogP contribution in [0.3, 0.4) is 0 Å². The van der Waals surface area contributed by atoms with Crippen molar-refractivity contribution in [3.05, 3.63) is 135 Å². The highest BCUT2D eigenvalue weighted by Crippen LogP contribution is 2.42. The van der Waals surface area contributed by atoms with Gasteiger partial charge in [0.1, 0.15) is 11.9 Å². The van der Waals surface area contributed by atoms with E-state index in [1.165, 1.54) is 28.8 Å². The summed E-state index contributed by atoms with van der Waals surface area (Å²) in [6, 6.07) is 29.5. The van der Waals surface area contributed by atoms with Gasteiger partial charge in [0.2, 0.25) is 0 Å². The summed E-state index contributed by atoms with van der Waals surface area (Å²) >= 11 is 12.2. The molecule has 4 aromatic carbocycles. The summed E-state index contributed by atoms with van der Waals surface area (Å²) in [5.41, 5.74) is 4.37. The van der Waals surface area contributed by atoms with Crippen LogP contribution in [0.5, 0.6) is 5.75 Å². The van der Waals surface area contributed by atoms with Crippen molar-refractivity contribution in [1.82, 2.24) is 10.6 Å². The molecule has 0 aromatic heterocycles.